The maximum absolute atomic E-state index is 13.1. The topological polar surface area (TPSA) is 69.5 Å². The maximum Gasteiger partial charge on any atom is 0.248 e. The van der Waals surface area contributed by atoms with Crippen LogP contribution in [0.25, 0.3) is 0 Å². The smallest absolute Gasteiger partial charge is 0.248 e. The number of hydrogen-bond acceptors (Lipinski definition) is 5. The minimum Gasteiger partial charge on any atom is -0.493 e. The van der Waals surface area contributed by atoms with Gasteiger partial charge in [-0.25, -0.2) is 9.67 Å². The zero-order valence-corrected chi connectivity index (χ0v) is 15.1. The van der Waals surface area contributed by atoms with Gasteiger partial charge >= 0.3 is 0 Å². The second-order valence-electron chi connectivity index (χ2n) is 6.55. The molecule has 0 aliphatic carbocycles. The molecule has 7 heteroatoms. The summed E-state index contributed by atoms with van der Waals surface area (Å²) in [7, 11) is 3.25. The summed E-state index contributed by atoms with van der Waals surface area (Å²) in [4.78, 5) is 19.0. The van der Waals surface area contributed by atoms with Crippen LogP contribution < -0.4 is 9.47 Å². The lowest BCUT2D eigenvalue weighted by Gasteiger charge is -2.33. The number of carbonyl (C=O) groups excluding carboxylic acids is 1. The van der Waals surface area contributed by atoms with Crippen molar-refractivity contribution in [2.24, 2.45) is 5.92 Å². The molecule has 25 heavy (non-hydrogen) atoms. The number of rotatable bonds is 5. The Labute approximate surface area is 147 Å². The summed E-state index contributed by atoms with van der Waals surface area (Å²) in [6, 6.07) is 3.63. The monoisotopic (exact) mass is 344 g/mol. The maximum atomic E-state index is 13.1. The molecular formula is C18H24N4O3. The van der Waals surface area contributed by atoms with E-state index < -0.39 is 0 Å². The van der Waals surface area contributed by atoms with Gasteiger partial charge in [-0.3, -0.25) is 4.79 Å². The highest BCUT2D eigenvalue weighted by Gasteiger charge is 2.31. The fraction of sp³-hybridized carbons (Fsp3) is 0.500. The molecule has 1 aromatic carbocycles. The Morgan fingerprint density at radius 3 is 2.40 bits per heavy atom. The first kappa shape index (κ1) is 17.3. The molecule has 1 amide bonds. The Kier molecular flexibility index (Phi) is 4.92. The second kappa shape index (κ2) is 7.13. The number of hydrogen-bond donors (Lipinski definition) is 0. The van der Waals surface area contributed by atoms with Crippen LogP contribution in [-0.4, -0.2) is 46.3 Å². The van der Waals surface area contributed by atoms with Gasteiger partial charge < -0.3 is 14.4 Å². The zero-order chi connectivity index (χ0) is 18.0. The molecule has 0 bridgehead atoms. The van der Waals surface area contributed by atoms with Gasteiger partial charge in [-0.1, -0.05) is 13.8 Å². The Bertz CT molecular complexity index is 743. The van der Waals surface area contributed by atoms with E-state index in [1.165, 1.54) is 11.9 Å². The molecular weight excluding hydrogens is 320 g/mol. The second-order valence-corrected chi connectivity index (χ2v) is 6.55. The van der Waals surface area contributed by atoms with E-state index in [9.17, 15) is 4.79 Å². The van der Waals surface area contributed by atoms with Crippen LogP contribution in [-0.2, 0) is 17.8 Å². The molecule has 0 saturated heterocycles. The Hall–Kier alpha value is -2.57. The minimum absolute atomic E-state index is 0.0703. The van der Waals surface area contributed by atoms with Crippen molar-refractivity contribution >= 4 is 5.91 Å². The largest absolute Gasteiger partial charge is 0.493 e. The molecule has 1 unspecified atom stereocenters. The van der Waals surface area contributed by atoms with Crippen molar-refractivity contribution in [3.05, 3.63) is 35.9 Å². The molecule has 1 atom stereocenters. The average molecular weight is 344 g/mol. The van der Waals surface area contributed by atoms with Crippen LogP contribution >= 0.6 is 0 Å². The van der Waals surface area contributed by atoms with Crippen molar-refractivity contribution in [3.63, 3.8) is 0 Å². The van der Waals surface area contributed by atoms with E-state index in [0.717, 1.165) is 17.7 Å². The van der Waals surface area contributed by atoms with Gasteiger partial charge in [-0.05, 0) is 35.6 Å². The molecule has 7 nitrogen and oxygen atoms in total. The van der Waals surface area contributed by atoms with Crippen molar-refractivity contribution < 1.29 is 14.3 Å². The van der Waals surface area contributed by atoms with Crippen LogP contribution in [0.1, 0.15) is 31.0 Å². The Balaban J connectivity index is 1.85. The summed E-state index contributed by atoms with van der Waals surface area (Å²) in [5.41, 5.74) is 2.29. The first-order valence-electron chi connectivity index (χ1n) is 8.41. The van der Waals surface area contributed by atoms with Gasteiger partial charge in [0.1, 0.15) is 18.7 Å². The van der Waals surface area contributed by atoms with Crippen molar-refractivity contribution in [2.75, 3.05) is 20.8 Å². The predicted molar refractivity (Wildman–Crippen MR) is 92.6 cm³/mol. The van der Waals surface area contributed by atoms with Crippen molar-refractivity contribution in [2.45, 2.75) is 32.9 Å². The van der Waals surface area contributed by atoms with Crippen LogP contribution in [0.5, 0.6) is 11.5 Å². The molecule has 1 aliphatic heterocycles. The zero-order valence-electron chi connectivity index (χ0n) is 15.1. The molecule has 1 aliphatic rings. The van der Waals surface area contributed by atoms with Crippen LogP contribution in [0, 0.1) is 5.92 Å². The Morgan fingerprint density at radius 1 is 1.16 bits per heavy atom. The summed E-state index contributed by atoms with van der Waals surface area (Å²) >= 11 is 0. The fourth-order valence-corrected chi connectivity index (χ4v) is 3.32. The third kappa shape index (κ3) is 3.31. The normalized spacial score (nSPS) is 15.0. The van der Waals surface area contributed by atoms with E-state index >= 15 is 0 Å². The lowest BCUT2D eigenvalue weighted by atomic mass is 9.96. The van der Waals surface area contributed by atoms with Gasteiger partial charge in [0, 0.05) is 13.1 Å². The quantitative estimate of drug-likeness (QED) is 0.830. The van der Waals surface area contributed by atoms with Gasteiger partial charge in [0.15, 0.2) is 11.5 Å². The van der Waals surface area contributed by atoms with E-state index in [1.807, 2.05) is 30.9 Å². The number of methoxy groups -OCH3 is 2. The molecule has 3 rings (SSSR count). The number of ether oxygens (including phenoxy) is 2. The highest BCUT2D eigenvalue weighted by atomic mass is 16.5. The number of benzene rings is 1. The summed E-state index contributed by atoms with van der Waals surface area (Å²) < 4.78 is 12.4. The lowest BCUT2D eigenvalue weighted by Crippen LogP contribution is -2.42. The molecule has 2 aromatic rings. The fourth-order valence-electron chi connectivity index (χ4n) is 3.32. The summed E-state index contributed by atoms with van der Waals surface area (Å²) in [6.45, 7) is 5.29. The SMILES string of the molecule is COc1cc2c(cc1OC)CN(C(=O)C(C(C)C)n1cncn1)CC2. The summed E-state index contributed by atoms with van der Waals surface area (Å²) in [5.74, 6) is 1.61. The standard InChI is InChI=1S/C18H24N4O3/c1-12(2)17(22-11-19-10-20-22)18(23)21-6-5-13-7-15(24-3)16(25-4)8-14(13)9-21/h7-8,10-12,17H,5-6,9H2,1-4H3. The van der Waals surface area contributed by atoms with Gasteiger partial charge in [0.25, 0.3) is 0 Å². The molecule has 1 aromatic heterocycles. The number of carbonyl (C=O) groups is 1. The minimum atomic E-state index is -0.343. The first-order chi connectivity index (χ1) is 12.0. The predicted octanol–water partition coefficient (Wildman–Crippen LogP) is 2.08. The van der Waals surface area contributed by atoms with E-state index in [0.29, 0.717) is 18.8 Å². The molecule has 0 N–H and O–H groups in total. The lowest BCUT2D eigenvalue weighted by molar-refractivity contribution is -0.137. The number of fused-ring (bicyclic) bond motifs is 1. The average Bonchev–Trinajstić information content (AvgIpc) is 3.13. The summed E-state index contributed by atoms with van der Waals surface area (Å²) in [6.07, 6.45) is 3.86. The van der Waals surface area contributed by atoms with Crippen molar-refractivity contribution in [1.82, 2.24) is 19.7 Å². The van der Waals surface area contributed by atoms with E-state index in [-0.39, 0.29) is 17.9 Å². The van der Waals surface area contributed by atoms with E-state index in [4.69, 9.17) is 9.47 Å². The van der Waals surface area contributed by atoms with Crippen LogP contribution in [0.3, 0.4) is 0 Å². The van der Waals surface area contributed by atoms with Gasteiger partial charge in [-0.15, -0.1) is 0 Å². The van der Waals surface area contributed by atoms with E-state index in [1.54, 1.807) is 25.2 Å². The van der Waals surface area contributed by atoms with Crippen LogP contribution in [0.4, 0.5) is 0 Å². The number of amides is 1. The van der Waals surface area contributed by atoms with Crippen LogP contribution in [0.2, 0.25) is 0 Å². The number of nitrogens with zero attached hydrogens (tertiary/aromatic N) is 4. The third-order valence-electron chi connectivity index (χ3n) is 4.64. The molecule has 0 fully saturated rings. The first-order valence-corrected chi connectivity index (χ1v) is 8.41. The van der Waals surface area contributed by atoms with Crippen molar-refractivity contribution in [3.8, 4) is 11.5 Å². The number of aromatic nitrogens is 3. The van der Waals surface area contributed by atoms with Gasteiger partial charge in [0.2, 0.25) is 5.91 Å². The molecule has 0 radical (unpaired) electrons. The van der Waals surface area contributed by atoms with Gasteiger partial charge in [-0.2, -0.15) is 5.10 Å². The molecule has 2 heterocycles. The molecule has 0 spiro atoms. The summed E-state index contributed by atoms with van der Waals surface area (Å²) in [5, 5.41) is 4.17. The van der Waals surface area contributed by atoms with Crippen LogP contribution in [0.15, 0.2) is 24.8 Å². The highest BCUT2D eigenvalue weighted by molar-refractivity contribution is 5.81. The van der Waals surface area contributed by atoms with Crippen molar-refractivity contribution in [1.29, 1.82) is 0 Å². The Morgan fingerprint density at radius 2 is 1.84 bits per heavy atom. The molecule has 0 saturated carbocycles. The van der Waals surface area contributed by atoms with E-state index in [2.05, 4.69) is 10.1 Å². The molecule has 134 valence electrons. The third-order valence-corrected chi connectivity index (χ3v) is 4.64. The van der Waals surface area contributed by atoms with Gasteiger partial charge in [0.05, 0.1) is 14.2 Å². The highest BCUT2D eigenvalue weighted by Crippen LogP contribution is 2.34.